The summed E-state index contributed by atoms with van der Waals surface area (Å²) in [6.45, 7) is 4.25. The van der Waals surface area contributed by atoms with Gasteiger partial charge in [-0.2, -0.15) is 11.3 Å². The molecule has 0 radical (unpaired) electrons. The first kappa shape index (κ1) is 12.6. The average Bonchev–Trinajstić information content (AvgIpc) is 2.96. The minimum atomic E-state index is 0.0991. The third kappa shape index (κ3) is 2.90. The minimum Gasteiger partial charge on any atom is -0.271 e. The Morgan fingerprint density at radius 3 is 2.88 bits per heavy atom. The highest BCUT2D eigenvalue weighted by molar-refractivity contribution is 7.08. The summed E-state index contributed by atoms with van der Waals surface area (Å²) in [5.41, 5.74) is 5.21. The van der Waals surface area contributed by atoms with Gasteiger partial charge in [0.25, 0.3) is 0 Å². The van der Waals surface area contributed by atoms with Gasteiger partial charge in [-0.1, -0.05) is 18.3 Å². The van der Waals surface area contributed by atoms with E-state index < -0.39 is 0 Å². The molecular formula is C11H16N4S2. The smallest absolute Gasteiger partial charge is 0.0829 e. The highest BCUT2D eigenvalue weighted by Crippen LogP contribution is 2.28. The molecule has 6 heteroatoms. The Bertz CT molecular complexity index is 450. The number of hydrazine groups is 1. The van der Waals surface area contributed by atoms with E-state index in [0.717, 1.165) is 17.0 Å². The van der Waals surface area contributed by atoms with Gasteiger partial charge in [-0.05, 0) is 46.3 Å². The van der Waals surface area contributed by atoms with Crippen LogP contribution in [0.2, 0.25) is 0 Å². The number of nitrogens with one attached hydrogen (secondary N) is 1. The molecule has 1 atom stereocenters. The van der Waals surface area contributed by atoms with Gasteiger partial charge in [0.15, 0.2) is 0 Å². The summed E-state index contributed by atoms with van der Waals surface area (Å²) in [5, 5.41) is 8.42. The number of hydrogen-bond acceptors (Lipinski definition) is 6. The zero-order valence-corrected chi connectivity index (χ0v) is 11.5. The summed E-state index contributed by atoms with van der Waals surface area (Å²) in [7, 11) is 0. The standard InChI is InChI=1S/C11H16N4S2/c1-7(2)10-11(17-15-14-10)9(13-12)5-8-3-4-16-6-8/h3-4,6-7,9,13H,5,12H2,1-2H3. The molecular weight excluding hydrogens is 252 g/mol. The van der Waals surface area contributed by atoms with E-state index in [1.54, 1.807) is 11.3 Å². The van der Waals surface area contributed by atoms with Gasteiger partial charge in [0.2, 0.25) is 0 Å². The van der Waals surface area contributed by atoms with Crippen molar-refractivity contribution < 1.29 is 0 Å². The molecule has 2 aromatic rings. The molecule has 0 aromatic carbocycles. The van der Waals surface area contributed by atoms with E-state index in [4.69, 9.17) is 5.84 Å². The lowest BCUT2D eigenvalue weighted by molar-refractivity contribution is 0.552. The van der Waals surface area contributed by atoms with E-state index >= 15 is 0 Å². The van der Waals surface area contributed by atoms with E-state index in [9.17, 15) is 0 Å². The van der Waals surface area contributed by atoms with Crippen molar-refractivity contribution in [3.8, 4) is 0 Å². The quantitative estimate of drug-likeness (QED) is 0.646. The number of nitrogens with zero attached hydrogens (tertiary/aromatic N) is 2. The van der Waals surface area contributed by atoms with E-state index in [-0.39, 0.29) is 6.04 Å². The van der Waals surface area contributed by atoms with Crippen LogP contribution in [0.3, 0.4) is 0 Å². The van der Waals surface area contributed by atoms with Crippen LogP contribution in [0.25, 0.3) is 0 Å². The second-order valence-corrected chi connectivity index (χ2v) is 5.80. The maximum Gasteiger partial charge on any atom is 0.0829 e. The summed E-state index contributed by atoms with van der Waals surface area (Å²) >= 11 is 3.14. The van der Waals surface area contributed by atoms with Crippen molar-refractivity contribution in [1.29, 1.82) is 0 Å². The van der Waals surface area contributed by atoms with Crippen LogP contribution in [0.1, 0.15) is 41.9 Å². The Hall–Kier alpha value is -0.820. The molecule has 3 N–H and O–H groups in total. The topological polar surface area (TPSA) is 63.8 Å². The van der Waals surface area contributed by atoms with E-state index in [1.165, 1.54) is 17.1 Å². The maximum absolute atomic E-state index is 5.65. The van der Waals surface area contributed by atoms with Crippen molar-refractivity contribution in [3.05, 3.63) is 33.0 Å². The molecule has 0 spiro atoms. The van der Waals surface area contributed by atoms with E-state index in [0.29, 0.717) is 5.92 Å². The van der Waals surface area contributed by atoms with Crippen LogP contribution < -0.4 is 11.3 Å². The van der Waals surface area contributed by atoms with Gasteiger partial charge >= 0.3 is 0 Å². The predicted molar refractivity (Wildman–Crippen MR) is 72.1 cm³/mol. The summed E-state index contributed by atoms with van der Waals surface area (Å²) in [6, 6.07) is 2.22. The number of nitrogens with two attached hydrogens (primary N) is 1. The first-order valence-electron chi connectivity index (χ1n) is 5.51. The fourth-order valence-corrected chi connectivity index (χ4v) is 3.27. The highest BCUT2D eigenvalue weighted by atomic mass is 32.1. The van der Waals surface area contributed by atoms with Crippen LogP contribution >= 0.6 is 22.9 Å². The molecule has 0 amide bonds. The molecule has 2 heterocycles. The van der Waals surface area contributed by atoms with Crippen molar-refractivity contribution in [2.24, 2.45) is 5.84 Å². The first-order valence-corrected chi connectivity index (χ1v) is 7.23. The molecule has 0 aliphatic heterocycles. The van der Waals surface area contributed by atoms with Crippen molar-refractivity contribution in [2.45, 2.75) is 32.2 Å². The Morgan fingerprint density at radius 1 is 1.47 bits per heavy atom. The molecule has 0 aliphatic carbocycles. The molecule has 92 valence electrons. The van der Waals surface area contributed by atoms with Gasteiger partial charge in [-0.3, -0.25) is 11.3 Å². The second kappa shape index (κ2) is 5.68. The van der Waals surface area contributed by atoms with Gasteiger partial charge in [0.05, 0.1) is 16.6 Å². The van der Waals surface area contributed by atoms with Crippen LogP contribution in [0, 0.1) is 0 Å². The molecule has 17 heavy (non-hydrogen) atoms. The Labute approximate surface area is 109 Å². The zero-order valence-electron chi connectivity index (χ0n) is 9.88. The van der Waals surface area contributed by atoms with E-state index in [2.05, 4.69) is 45.7 Å². The molecule has 2 aromatic heterocycles. The first-order chi connectivity index (χ1) is 8.22. The Balaban J connectivity index is 2.20. The summed E-state index contributed by atoms with van der Waals surface area (Å²) in [4.78, 5) is 1.15. The normalized spacial score (nSPS) is 13.2. The van der Waals surface area contributed by atoms with Crippen molar-refractivity contribution in [3.63, 3.8) is 0 Å². The molecule has 0 bridgehead atoms. The lowest BCUT2D eigenvalue weighted by Crippen LogP contribution is -2.29. The fourth-order valence-electron chi connectivity index (χ4n) is 1.72. The molecule has 1 unspecified atom stereocenters. The van der Waals surface area contributed by atoms with Crippen LogP contribution in [0.4, 0.5) is 0 Å². The monoisotopic (exact) mass is 268 g/mol. The van der Waals surface area contributed by atoms with Gasteiger partial charge in [0, 0.05) is 0 Å². The number of thiophene rings is 1. The summed E-state index contributed by atoms with van der Waals surface area (Å²) in [5.74, 6) is 6.03. The third-order valence-electron chi connectivity index (χ3n) is 2.62. The van der Waals surface area contributed by atoms with Gasteiger partial charge < -0.3 is 0 Å². The van der Waals surface area contributed by atoms with Crippen LogP contribution in [-0.4, -0.2) is 9.59 Å². The maximum atomic E-state index is 5.65. The van der Waals surface area contributed by atoms with Gasteiger partial charge in [-0.25, -0.2) is 0 Å². The van der Waals surface area contributed by atoms with Crippen molar-refractivity contribution >= 4 is 22.9 Å². The molecule has 0 saturated heterocycles. The lowest BCUT2D eigenvalue weighted by Gasteiger charge is -2.15. The summed E-state index contributed by atoms with van der Waals surface area (Å²) in [6.07, 6.45) is 0.879. The SMILES string of the molecule is CC(C)c1nnsc1C(Cc1ccsc1)NN. The van der Waals surface area contributed by atoms with Crippen LogP contribution in [0.5, 0.6) is 0 Å². The summed E-state index contributed by atoms with van der Waals surface area (Å²) < 4.78 is 4.04. The second-order valence-electron chi connectivity index (χ2n) is 4.23. The third-order valence-corrected chi connectivity index (χ3v) is 4.21. The lowest BCUT2D eigenvalue weighted by atomic mass is 10.0. The molecule has 2 rings (SSSR count). The van der Waals surface area contributed by atoms with Crippen LogP contribution in [0.15, 0.2) is 16.8 Å². The molecule has 4 nitrogen and oxygen atoms in total. The Kier molecular flexibility index (Phi) is 4.22. The fraction of sp³-hybridized carbons (Fsp3) is 0.455. The molecule has 0 saturated carbocycles. The Morgan fingerprint density at radius 2 is 2.29 bits per heavy atom. The van der Waals surface area contributed by atoms with Crippen LogP contribution in [-0.2, 0) is 6.42 Å². The van der Waals surface area contributed by atoms with Crippen molar-refractivity contribution in [2.75, 3.05) is 0 Å². The number of aromatic nitrogens is 2. The van der Waals surface area contributed by atoms with E-state index in [1.807, 2.05) is 0 Å². The molecule has 0 fully saturated rings. The van der Waals surface area contributed by atoms with Gasteiger partial charge in [-0.15, -0.1) is 5.10 Å². The highest BCUT2D eigenvalue weighted by Gasteiger charge is 2.20. The molecule has 0 aliphatic rings. The predicted octanol–water partition coefficient (Wildman–Crippen LogP) is 2.47. The zero-order chi connectivity index (χ0) is 12.3. The number of hydrogen-bond donors (Lipinski definition) is 2. The number of rotatable bonds is 5. The largest absolute Gasteiger partial charge is 0.271 e. The van der Waals surface area contributed by atoms with Gasteiger partial charge in [0.1, 0.15) is 0 Å². The average molecular weight is 268 g/mol. The van der Waals surface area contributed by atoms with Crippen molar-refractivity contribution in [1.82, 2.24) is 15.0 Å². The minimum absolute atomic E-state index is 0.0991.